The highest BCUT2D eigenvalue weighted by molar-refractivity contribution is 7.14. The van der Waals surface area contributed by atoms with Crippen molar-refractivity contribution in [2.24, 2.45) is 0 Å². The van der Waals surface area contributed by atoms with Gasteiger partial charge in [-0.1, -0.05) is 42.5 Å². The van der Waals surface area contributed by atoms with E-state index < -0.39 is 22.4 Å². The Morgan fingerprint density at radius 3 is 1.97 bits per heavy atom. The maximum Gasteiger partial charge on any atom is 0.269 e. The number of nitro benzene ring substituents is 1. The average Bonchev–Trinajstić information content (AvgIpc) is 3.32. The molecule has 0 aliphatic heterocycles. The van der Waals surface area contributed by atoms with Gasteiger partial charge in [-0.3, -0.25) is 29.8 Å². The molecule has 1 amide bonds. The summed E-state index contributed by atoms with van der Waals surface area (Å²) in [7, 11) is 0. The van der Waals surface area contributed by atoms with E-state index in [-0.39, 0.29) is 11.3 Å². The summed E-state index contributed by atoms with van der Waals surface area (Å²) in [5, 5.41) is 15.5. The van der Waals surface area contributed by atoms with E-state index in [9.17, 15) is 24.5 Å². The smallest absolute Gasteiger partial charge is 0.269 e. The van der Waals surface area contributed by atoms with E-state index in [0.717, 1.165) is 0 Å². The van der Waals surface area contributed by atoms with E-state index in [1.165, 1.54) is 47.7 Å². The molecule has 1 heterocycles. The zero-order valence-electron chi connectivity index (χ0n) is 16.9. The van der Waals surface area contributed by atoms with Crippen LogP contribution < -0.4 is 5.32 Å². The van der Waals surface area contributed by atoms with Gasteiger partial charge in [0.25, 0.3) is 11.6 Å². The molecule has 0 unspecified atom stereocenters. The van der Waals surface area contributed by atoms with Crippen molar-refractivity contribution < 1.29 is 19.3 Å². The Hall–Kier alpha value is -4.50. The summed E-state index contributed by atoms with van der Waals surface area (Å²) in [4.78, 5) is 51.9. The number of hydrogen-bond donors (Lipinski definition) is 1. The minimum atomic E-state index is -0.652. The SMILES string of the molecule is O=C(Nc1nc(-c2ccc([N+](=O)[O-])cc2)cs1)c1ccc(C(=O)C(=O)c2ccccc2)cc1. The van der Waals surface area contributed by atoms with Crippen molar-refractivity contribution in [2.75, 3.05) is 5.32 Å². The zero-order chi connectivity index (χ0) is 23.4. The predicted octanol–water partition coefficient (Wildman–Crippen LogP) is 5.04. The summed E-state index contributed by atoms with van der Waals surface area (Å²) in [5.41, 5.74) is 2.03. The number of anilines is 1. The Labute approximate surface area is 191 Å². The monoisotopic (exact) mass is 457 g/mol. The van der Waals surface area contributed by atoms with Gasteiger partial charge in [0.05, 0.1) is 10.6 Å². The largest absolute Gasteiger partial charge is 0.298 e. The lowest BCUT2D eigenvalue weighted by atomic mass is 10.0. The Bertz CT molecular complexity index is 1350. The number of carbonyl (C=O) groups is 3. The molecule has 33 heavy (non-hydrogen) atoms. The van der Waals surface area contributed by atoms with Crippen LogP contribution in [0.3, 0.4) is 0 Å². The molecule has 4 aromatic rings. The predicted molar refractivity (Wildman–Crippen MR) is 124 cm³/mol. The molecule has 0 spiro atoms. The van der Waals surface area contributed by atoms with E-state index >= 15 is 0 Å². The highest BCUT2D eigenvalue weighted by atomic mass is 32.1. The van der Waals surface area contributed by atoms with Crippen molar-refractivity contribution in [3.05, 3.63) is 111 Å². The molecule has 1 N–H and O–H groups in total. The topological polar surface area (TPSA) is 119 Å². The molecule has 9 heteroatoms. The summed E-state index contributed by atoms with van der Waals surface area (Å²) < 4.78 is 0. The van der Waals surface area contributed by atoms with Gasteiger partial charge < -0.3 is 0 Å². The van der Waals surface area contributed by atoms with Crippen LogP contribution in [0.1, 0.15) is 31.1 Å². The van der Waals surface area contributed by atoms with Crippen LogP contribution in [0, 0.1) is 10.1 Å². The summed E-state index contributed by atoms with van der Waals surface area (Å²) >= 11 is 1.21. The standard InChI is InChI=1S/C24H15N3O5S/c28-21(16-4-2-1-3-5-16)22(29)17-6-8-18(9-7-17)23(30)26-24-25-20(14-33-24)15-10-12-19(13-11-15)27(31)32/h1-14H,(H,25,26,30). The maximum atomic E-state index is 12.5. The van der Waals surface area contributed by atoms with Crippen molar-refractivity contribution in [1.29, 1.82) is 0 Å². The van der Waals surface area contributed by atoms with Crippen LogP contribution in [0.5, 0.6) is 0 Å². The van der Waals surface area contributed by atoms with Crippen LogP contribution in [0.25, 0.3) is 11.3 Å². The van der Waals surface area contributed by atoms with Crippen LogP contribution in [0.4, 0.5) is 10.8 Å². The number of hydrogen-bond acceptors (Lipinski definition) is 7. The number of rotatable bonds is 7. The second kappa shape index (κ2) is 9.33. The van der Waals surface area contributed by atoms with Crippen molar-refractivity contribution >= 4 is 39.6 Å². The summed E-state index contributed by atoms with van der Waals surface area (Å²) in [5.74, 6) is -1.69. The molecule has 3 aromatic carbocycles. The van der Waals surface area contributed by atoms with E-state index in [1.807, 2.05) is 0 Å². The third-order valence-corrected chi connectivity index (χ3v) is 5.51. The number of amides is 1. The Kier molecular flexibility index (Phi) is 6.14. The molecule has 0 fully saturated rings. The molecule has 0 aliphatic rings. The first-order valence-electron chi connectivity index (χ1n) is 9.68. The van der Waals surface area contributed by atoms with Crippen molar-refractivity contribution in [1.82, 2.24) is 4.98 Å². The number of nitro groups is 1. The van der Waals surface area contributed by atoms with Gasteiger partial charge in [-0.05, 0) is 24.3 Å². The molecule has 8 nitrogen and oxygen atoms in total. The minimum Gasteiger partial charge on any atom is -0.298 e. The fourth-order valence-electron chi connectivity index (χ4n) is 3.01. The van der Waals surface area contributed by atoms with Crippen LogP contribution in [-0.4, -0.2) is 27.4 Å². The Morgan fingerprint density at radius 2 is 1.36 bits per heavy atom. The molecule has 4 rings (SSSR count). The van der Waals surface area contributed by atoms with Gasteiger partial charge in [0, 0.05) is 39.8 Å². The summed E-state index contributed by atoms with van der Waals surface area (Å²) in [6, 6.07) is 20.0. The molecule has 0 aliphatic carbocycles. The molecule has 0 radical (unpaired) electrons. The number of aromatic nitrogens is 1. The fraction of sp³-hybridized carbons (Fsp3) is 0. The second-order valence-corrected chi connectivity index (χ2v) is 7.76. The molecule has 0 saturated heterocycles. The number of thiazole rings is 1. The lowest BCUT2D eigenvalue weighted by Gasteiger charge is -2.04. The average molecular weight is 457 g/mol. The normalized spacial score (nSPS) is 10.4. The molecule has 162 valence electrons. The number of Topliss-reactive ketones (excluding diaryl/α,β-unsaturated/α-hetero) is 2. The number of carbonyl (C=O) groups excluding carboxylic acids is 3. The van der Waals surface area contributed by atoms with E-state index in [1.54, 1.807) is 47.8 Å². The van der Waals surface area contributed by atoms with Gasteiger partial charge in [-0.2, -0.15) is 0 Å². The van der Waals surface area contributed by atoms with Gasteiger partial charge in [0.2, 0.25) is 11.6 Å². The number of non-ortho nitro benzene ring substituents is 1. The van der Waals surface area contributed by atoms with Gasteiger partial charge in [-0.25, -0.2) is 4.98 Å². The van der Waals surface area contributed by atoms with Crippen molar-refractivity contribution in [3.8, 4) is 11.3 Å². The summed E-state index contributed by atoms with van der Waals surface area (Å²) in [6.45, 7) is 0. The van der Waals surface area contributed by atoms with E-state index in [0.29, 0.717) is 27.5 Å². The molecular formula is C24H15N3O5S. The van der Waals surface area contributed by atoms with Crippen LogP contribution in [0.15, 0.2) is 84.2 Å². The van der Waals surface area contributed by atoms with Gasteiger partial charge in [-0.15, -0.1) is 11.3 Å². The minimum absolute atomic E-state index is 0.0186. The fourth-order valence-corrected chi connectivity index (χ4v) is 3.73. The third-order valence-electron chi connectivity index (χ3n) is 4.75. The zero-order valence-corrected chi connectivity index (χ0v) is 17.7. The van der Waals surface area contributed by atoms with Crippen LogP contribution >= 0.6 is 11.3 Å². The van der Waals surface area contributed by atoms with Crippen molar-refractivity contribution in [2.45, 2.75) is 0 Å². The summed E-state index contributed by atoms with van der Waals surface area (Å²) in [6.07, 6.45) is 0. The van der Waals surface area contributed by atoms with E-state index in [4.69, 9.17) is 0 Å². The number of ketones is 2. The lowest BCUT2D eigenvalue weighted by Crippen LogP contribution is -2.15. The van der Waals surface area contributed by atoms with E-state index in [2.05, 4.69) is 10.3 Å². The van der Waals surface area contributed by atoms with Gasteiger partial charge in [0.1, 0.15) is 0 Å². The van der Waals surface area contributed by atoms with Crippen LogP contribution in [0.2, 0.25) is 0 Å². The molecule has 0 saturated carbocycles. The Balaban J connectivity index is 1.42. The number of benzene rings is 3. The highest BCUT2D eigenvalue weighted by Gasteiger charge is 2.19. The maximum absolute atomic E-state index is 12.5. The molecule has 1 aromatic heterocycles. The Morgan fingerprint density at radius 1 is 0.788 bits per heavy atom. The van der Waals surface area contributed by atoms with Crippen LogP contribution in [-0.2, 0) is 0 Å². The molecular weight excluding hydrogens is 442 g/mol. The highest BCUT2D eigenvalue weighted by Crippen LogP contribution is 2.26. The number of nitrogens with one attached hydrogen (secondary N) is 1. The van der Waals surface area contributed by atoms with Gasteiger partial charge in [0.15, 0.2) is 5.13 Å². The molecule has 0 atom stereocenters. The quantitative estimate of drug-likeness (QED) is 0.180. The van der Waals surface area contributed by atoms with Gasteiger partial charge >= 0.3 is 0 Å². The third kappa shape index (κ3) is 4.89. The van der Waals surface area contributed by atoms with Crippen molar-refractivity contribution in [3.63, 3.8) is 0 Å². The first-order chi connectivity index (χ1) is 15.9. The lowest BCUT2D eigenvalue weighted by molar-refractivity contribution is -0.384. The first-order valence-corrected chi connectivity index (χ1v) is 10.6. The number of nitrogens with zero attached hydrogens (tertiary/aromatic N) is 2. The molecule has 0 bridgehead atoms. The first kappa shape index (κ1) is 21.7. The second-order valence-electron chi connectivity index (χ2n) is 6.90.